The van der Waals surface area contributed by atoms with Crippen molar-refractivity contribution in [3.05, 3.63) is 58.9 Å². The first-order valence-electron chi connectivity index (χ1n) is 8.75. The van der Waals surface area contributed by atoms with Gasteiger partial charge in [0.1, 0.15) is 0 Å². The van der Waals surface area contributed by atoms with Crippen LogP contribution in [0.4, 0.5) is 0 Å². The molecule has 1 saturated carbocycles. The van der Waals surface area contributed by atoms with Crippen molar-refractivity contribution >= 4 is 29.3 Å². The molecule has 0 aliphatic heterocycles. The summed E-state index contributed by atoms with van der Waals surface area (Å²) in [6.45, 7) is 2.29. The number of pyridine rings is 1. The fraction of sp³-hybridized carbons (Fsp3) is 0.400. The third-order valence-electron chi connectivity index (χ3n) is 4.64. The number of carbonyl (C=O) groups is 1. The Morgan fingerprint density at radius 2 is 2.00 bits per heavy atom. The van der Waals surface area contributed by atoms with E-state index in [0.717, 1.165) is 34.9 Å². The van der Waals surface area contributed by atoms with Crippen molar-refractivity contribution in [2.24, 2.45) is 5.92 Å². The summed E-state index contributed by atoms with van der Waals surface area (Å²) in [6, 6.07) is 11.7. The molecule has 0 radical (unpaired) electrons. The minimum Gasteiger partial charge on any atom is -0.349 e. The number of hydrogen-bond acceptors (Lipinski definition) is 3. The van der Waals surface area contributed by atoms with Gasteiger partial charge in [-0.05, 0) is 55.9 Å². The monoisotopic (exact) mass is 374 g/mol. The smallest absolute Gasteiger partial charge is 0.252 e. The molecule has 1 aliphatic carbocycles. The largest absolute Gasteiger partial charge is 0.349 e. The van der Waals surface area contributed by atoms with Gasteiger partial charge in [-0.2, -0.15) is 0 Å². The Labute approximate surface area is 158 Å². The minimum absolute atomic E-state index is 0.0294. The summed E-state index contributed by atoms with van der Waals surface area (Å²) in [4.78, 5) is 18.0. The Kier molecular flexibility index (Phi) is 6.38. The third-order valence-corrected chi connectivity index (χ3v) is 5.98. The first-order chi connectivity index (χ1) is 12.1. The van der Waals surface area contributed by atoms with Gasteiger partial charge in [-0.3, -0.25) is 9.78 Å². The summed E-state index contributed by atoms with van der Waals surface area (Å²) in [7, 11) is 0. The summed E-state index contributed by atoms with van der Waals surface area (Å²) < 4.78 is 0. The molecule has 0 bridgehead atoms. The Hall–Kier alpha value is -1.52. The van der Waals surface area contributed by atoms with E-state index in [0.29, 0.717) is 16.8 Å². The Morgan fingerprint density at radius 1 is 1.24 bits per heavy atom. The molecule has 0 unspecified atom stereocenters. The van der Waals surface area contributed by atoms with Crippen LogP contribution in [0, 0.1) is 5.92 Å². The highest BCUT2D eigenvalue weighted by atomic mass is 35.5. The van der Waals surface area contributed by atoms with Gasteiger partial charge >= 0.3 is 0 Å². The predicted molar refractivity (Wildman–Crippen MR) is 104 cm³/mol. The Morgan fingerprint density at radius 3 is 2.76 bits per heavy atom. The molecule has 0 saturated heterocycles. The molecule has 3 nitrogen and oxygen atoms in total. The number of rotatable bonds is 5. The van der Waals surface area contributed by atoms with Crippen LogP contribution in [0.25, 0.3) is 0 Å². The highest BCUT2D eigenvalue weighted by Gasteiger charge is 2.21. The molecule has 1 amide bonds. The lowest BCUT2D eigenvalue weighted by atomic mass is 9.87. The molecule has 5 heteroatoms. The van der Waals surface area contributed by atoms with Crippen molar-refractivity contribution in [3.8, 4) is 0 Å². The summed E-state index contributed by atoms with van der Waals surface area (Å²) in [6.07, 6.45) is 6.26. The van der Waals surface area contributed by atoms with E-state index >= 15 is 0 Å². The lowest BCUT2D eigenvalue weighted by Gasteiger charge is -2.27. The zero-order valence-corrected chi connectivity index (χ0v) is 15.9. The van der Waals surface area contributed by atoms with Crippen LogP contribution in [-0.4, -0.2) is 16.9 Å². The van der Waals surface area contributed by atoms with E-state index in [1.807, 2.05) is 30.3 Å². The summed E-state index contributed by atoms with van der Waals surface area (Å²) in [5.41, 5.74) is 1.65. The number of aromatic nitrogens is 1. The van der Waals surface area contributed by atoms with Gasteiger partial charge in [0.25, 0.3) is 5.91 Å². The first kappa shape index (κ1) is 18.3. The number of benzene rings is 1. The second-order valence-electron chi connectivity index (χ2n) is 6.68. The third kappa shape index (κ3) is 5.23. The zero-order chi connectivity index (χ0) is 17.6. The van der Waals surface area contributed by atoms with Gasteiger partial charge < -0.3 is 5.32 Å². The van der Waals surface area contributed by atoms with Gasteiger partial charge in [0.2, 0.25) is 0 Å². The lowest BCUT2D eigenvalue weighted by molar-refractivity contribution is 0.0920. The van der Waals surface area contributed by atoms with Gasteiger partial charge in [-0.25, -0.2) is 0 Å². The molecule has 1 heterocycles. The zero-order valence-electron chi connectivity index (χ0n) is 14.4. The van der Waals surface area contributed by atoms with E-state index in [1.54, 1.807) is 24.0 Å². The molecular formula is C20H23ClN2OS. The molecule has 3 rings (SSSR count). The highest BCUT2D eigenvalue weighted by Crippen LogP contribution is 2.28. The predicted octanol–water partition coefficient (Wildman–Crippen LogP) is 5.34. The van der Waals surface area contributed by atoms with Crippen LogP contribution in [0.15, 0.2) is 47.5 Å². The number of hydrogen-bond donors (Lipinski definition) is 1. The van der Waals surface area contributed by atoms with E-state index in [2.05, 4.69) is 17.2 Å². The quantitative estimate of drug-likeness (QED) is 0.718. The fourth-order valence-corrected chi connectivity index (χ4v) is 4.26. The number of thioether (sulfide) groups is 1. The summed E-state index contributed by atoms with van der Waals surface area (Å²) in [5, 5.41) is 3.90. The fourth-order valence-electron chi connectivity index (χ4n) is 3.13. The maximum absolute atomic E-state index is 12.7. The van der Waals surface area contributed by atoms with E-state index in [9.17, 15) is 4.79 Å². The van der Waals surface area contributed by atoms with Crippen molar-refractivity contribution < 1.29 is 4.79 Å². The molecule has 0 atom stereocenters. The van der Waals surface area contributed by atoms with E-state index in [-0.39, 0.29) is 5.91 Å². The maximum Gasteiger partial charge on any atom is 0.252 e. The Balaban J connectivity index is 1.64. The van der Waals surface area contributed by atoms with Gasteiger partial charge in [-0.1, -0.05) is 30.7 Å². The topological polar surface area (TPSA) is 42.0 Å². The number of carbonyl (C=O) groups excluding carboxylic acids is 1. The molecule has 132 valence electrons. The SMILES string of the molecule is CC1CCC(NC(=O)c2ccccc2SCc2cc(Cl)ccn2)CC1. The number of nitrogens with one attached hydrogen (secondary N) is 1. The molecule has 0 spiro atoms. The van der Waals surface area contributed by atoms with Crippen LogP contribution in [0.1, 0.15) is 48.7 Å². The lowest BCUT2D eigenvalue weighted by Crippen LogP contribution is -2.37. The first-order valence-corrected chi connectivity index (χ1v) is 10.1. The van der Waals surface area contributed by atoms with Crippen molar-refractivity contribution in [1.29, 1.82) is 0 Å². The molecule has 1 aromatic heterocycles. The molecule has 25 heavy (non-hydrogen) atoms. The van der Waals surface area contributed by atoms with Crippen LogP contribution in [0.5, 0.6) is 0 Å². The van der Waals surface area contributed by atoms with Crippen LogP contribution in [0.2, 0.25) is 5.02 Å². The van der Waals surface area contributed by atoms with E-state index in [1.165, 1.54) is 12.8 Å². The van der Waals surface area contributed by atoms with Crippen LogP contribution in [-0.2, 0) is 5.75 Å². The molecule has 1 aromatic carbocycles. The molecule has 2 aromatic rings. The van der Waals surface area contributed by atoms with Gasteiger partial charge in [-0.15, -0.1) is 11.8 Å². The number of nitrogens with zero attached hydrogens (tertiary/aromatic N) is 1. The molecule has 1 fully saturated rings. The summed E-state index contributed by atoms with van der Waals surface area (Å²) >= 11 is 7.63. The summed E-state index contributed by atoms with van der Waals surface area (Å²) in [5.74, 6) is 1.49. The van der Waals surface area contributed by atoms with Gasteiger partial charge in [0, 0.05) is 27.9 Å². The number of halogens is 1. The maximum atomic E-state index is 12.7. The highest BCUT2D eigenvalue weighted by molar-refractivity contribution is 7.98. The van der Waals surface area contributed by atoms with Gasteiger partial charge in [0.15, 0.2) is 0 Å². The molecular weight excluding hydrogens is 352 g/mol. The van der Waals surface area contributed by atoms with Crippen LogP contribution < -0.4 is 5.32 Å². The average molecular weight is 375 g/mol. The normalized spacial score (nSPS) is 20.2. The second-order valence-corrected chi connectivity index (χ2v) is 8.13. The van der Waals surface area contributed by atoms with Crippen molar-refractivity contribution in [2.75, 3.05) is 0 Å². The van der Waals surface area contributed by atoms with E-state index in [4.69, 9.17) is 11.6 Å². The van der Waals surface area contributed by atoms with Crippen molar-refractivity contribution in [3.63, 3.8) is 0 Å². The van der Waals surface area contributed by atoms with Crippen molar-refractivity contribution in [2.45, 2.75) is 49.3 Å². The Bertz CT molecular complexity index is 729. The second kappa shape index (κ2) is 8.72. The van der Waals surface area contributed by atoms with E-state index < -0.39 is 0 Å². The number of amides is 1. The molecule has 1 aliphatic rings. The minimum atomic E-state index is 0.0294. The van der Waals surface area contributed by atoms with Crippen LogP contribution in [0.3, 0.4) is 0 Å². The van der Waals surface area contributed by atoms with Crippen molar-refractivity contribution in [1.82, 2.24) is 10.3 Å². The van der Waals surface area contributed by atoms with Gasteiger partial charge in [0.05, 0.1) is 11.3 Å². The average Bonchev–Trinajstić information content (AvgIpc) is 2.62. The standard InChI is InChI=1S/C20H23ClN2OS/c1-14-6-8-16(9-7-14)23-20(24)18-4-2-3-5-19(18)25-13-17-12-15(21)10-11-22-17/h2-5,10-12,14,16H,6-9,13H2,1H3,(H,23,24). The molecule has 1 N–H and O–H groups in total. The van der Waals surface area contributed by atoms with Crippen LogP contribution >= 0.6 is 23.4 Å².